The van der Waals surface area contributed by atoms with Crippen molar-refractivity contribution in [2.45, 2.75) is 165 Å². The summed E-state index contributed by atoms with van der Waals surface area (Å²) in [5.74, 6) is 0. The van der Waals surface area contributed by atoms with Gasteiger partial charge in [-0.1, -0.05) is 59.1 Å². The van der Waals surface area contributed by atoms with Crippen LogP contribution in [0.3, 0.4) is 0 Å². The molecule has 0 aromatic heterocycles. The minimum Gasteiger partial charge on any atom is -0.379 e. The maximum atomic E-state index is 5.25. The van der Waals surface area contributed by atoms with Crippen molar-refractivity contribution in [1.82, 2.24) is 14.7 Å². The van der Waals surface area contributed by atoms with Crippen LogP contribution in [-0.2, 0) is 4.74 Å². The highest BCUT2D eigenvalue weighted by Gasteiger charge is 2.49. The summed E-state index contributed by atoms with van der Waals surface area (Å²) in [5.41, 5.74) is 4.42. The van der Waals surface area contributed by atoms with E-state index in [1.54, 1.807) is 5.57 Å². The van der Waals surface area contributed by atoms with Crippen LogP contribution in [0.4, 0.5) is 0 Å². The third kappa shape index (κ3) is 11.8. The molecule has 42 heavy (non-hydrogen) atoms. The lowest BCUT2D eigenvalue weighted by Gasteiger charge is -2.60. The first kappa shape index (κ1) is 37.8. The normalized spacial score (nSPS) is 25.0. The number of hydrogen-bond donors (Lipinski definition) is 0. The Bertz CT molecular complexity index is 778. The standard InChI is InChI=1S/C11H20.C10H19N.C9H19N.C8H17NO/c1-10(2,3)9-7-6-8-11(9,4)5;1-9(2,3)11-7-10(8-11)5-4-6-10;1-9(2,3)10-7-5-4-6-8-10;1-8(2,3)9-4-6-10-7-5-9/h7H,6,8H2,1-5H3;4-8H2,1-3H3;4-8H2,1-3H3;4-7H2,1-3H3. The minimum absolute atomic E-state index is 0.323. The molecule has 0 N–H and O–H groups in total. The fraction of sp³-hybridized carbons (Fsp3) is 0.947. The van der Waals surface area contributed by atoms with Gasteiger partial charge < -0.3 is 4.74 Å². The van der Waals surface area contributed by atoms with Crippen molar-refractivity contribution in [2.75, 3.05) is 52.5 Å². The molecule has 3 heterocycles. The predicted octanol–water partition coefficient (Wildman–Crippen LogP) is 9.44. The van der Waals surface area contributed by atoms with Crippen molar-refractivity contribution in [3.05, 3.63) is 11.6 Å². The zero-order valence-corrected chi connectivity index (χ0v) is 31.1. The Hall–Kier alpha value is -0.420. The van der Waals surface area contributed by atoms with Crippen molar-refractivity contribution in [2.24, 2.45) is 16.2 Å². The topological polar surface area (TPSA) is 19.0 Å². The van der Waals surface area contributed by atoms with Crippen LogP contribution in [0.15, 0.2) is 11.6 Å². The Balaban J connectivity index is 0.000000196. The van der Waals surface area contributed by atoms with Crippen LogP contribution in [-0.4, -0.2) is 83.8 Å². The molecule has 0 bridgehead atoms. The molecule has 0 radical (unpaired) electrons. The van der Waals surface area contributed by atoms with Gasteiger partial charge in [0.25, 0.3) is 0 Å². The third-order valence-corrected chi connectivity index (χ3v) is 10.3. The molecule has 0 amide bonds. The maximum Gasteiger partial charge on any atom is 0.0594 e. The summed E-state index contributed by atoms with van der Waals surface area (Å²) in [6, 6.07) is 0. The molecule has 0 aromatic carbocycles. The molecule has 4 heteroatoms. The molecule has 2 aliphatic carbocycles. The van der Waals surface area contributed by atoms with E-state index < -0.39 is 0 Å². The number of allylic oxidation sites excluding steroid dienone is 2. The van der Waals surface area contributed by atoms with Gasteiger partial charge in [0.1, 0.15) is 0 Å². The van der Waals surface area contributed by atoms with E-state index in [2.05, 4.69) is 118 Å². The van der Waals surface area contributed by atoms with Gasteiger partial charge in [-0.05, 0) is 130 Å². The molecule has 0 unspecified atom stereocenters. The highest BCUT2D eigenvalue weighted by Crippen LogP contribution is 2.50. The van der Waals surface area contributed by atoms with Gasteiger partial charge in [0.2, 0.25) is 0 Å². The van der Waals surface area contributed by atoms with Crippen LogP contribution in [0.5, 0.6) is 0 Å². The van der Waals surface area contributed by atoms with Crippen LogP contribution in [0, 0.1) is 16.2 Å². The lowest BCUT2D eigenvalue weighted by molar-refractivity contribution is -0.104. The Morgan fingerprint density at radius 3 is 1.29 bits per heavy atom. The highest BCUT2D eigenvalue weighted by atomic mass is 16.5. The number of likely N-dealkylation sites (tertiary alicyclic amines) is 2. The molecule has 0 aromatic rings. The molecule has 3 saturated heterocycles. The number of morpholine rings is 1. The largest absolute Gasteiger partial charge is 0.379 e. The lowest BCUT2D eigenvalue weighted by atomic mass is 9.62. The fourth-order valence-corrected chi connectivity index (χ4v) is 7.34. The Kier molecular flexibility index (Phi) is 13.3. The molecule has 5 rings (SSSR count). The molecule has 0 atom stereocenters. The van der Waals surface area contributed by atoms with Crippen molar-refractivity contribution in [1.29, 1.82) is 0 Å². The van der Waals surface area contributed by atoms with Gasteiger partial charge in [0.15, 0.2) is 0 Å². The second-order valence-corrected chi connectivity index (χ2v) is 18.7. The van der Waals surface area contributed by atoms with Crippen LogP contribution in [0.25, 0.3) is 0 Å². The van der Waals surface area contributed by atoms with Crippen molar-refractivity contribution in [3.8, 4) is 0 Å². The van der Waals surface area contributed by atoms with E-state index in [9.17, 15) is 0 Å². The number of nitrogens with zero attached hydrogens (tertiary/aromatic N) is 3. The zero-order chi connectivity index (χ0) is 32.0. The summed E-state index contributed by atoms with van der Waals surface area (Å²) < 4.78 is 5.25. The molecule has 4 nitrogen and oxygen atoms in total. The van der Waals surface area contributed by atoms with E-state index >= 15 is 0 Å². The van der Waals surface area contributed by atoms with E-state index in [4.69, 9.17) is 4.74 Å². The molecule has 3 aliphatic heterocycles. The smallest absolute Gasteiger partial charge is 0.0594 e. The van der Waals surface area contributed by atoms with Crippen LogP contribution >= 0.6 is 0 Å². The molecule has 5 aliphatic rings. The summed E-state index contributed by atoms with van der Waals surface area (Å²) in [6.07, 6.45) is 13.8. The monoisotopic (exact) mass is 590 g/mol. The first-order chi connectivity index (χ1) is 19.1. The summed E-state index contributed by atoms with van der Waals surface area (Å²) in [7, 11) is 0. The SMILES string of the molecule is CC(C)(C)C1=CCCC1(C)C.CC(C)(C)N1CC2(CCC2)C1.CC(C)(C)N1CCCCC1.CC(C)(C)N1CCOCC1. The maximum absolute atomic E-state index is 5.25. The summed E-state index contributed by atoms with van der Waals surface area (Å²) >= 11 is 0. The third-order valence-electron chi connectivity index (χ3n) is 10.3. The van der Waals surface area contributed by atoms with Gasteiger partial charge in [-0.25, -0.2) is 0 Å². The molecule has 1 spiro atoms. The highest BCUT2D eigenvalue weighted by molar-refractivity contribution is 5.23. The van der Waals surface area contributed by atoms with Gasteiger partial charge in [-0.15, -0.1) is 0 Å². The minimum atomic E-state index is 0.323. The number of ether oxygens (including phenoxy) is 1. The lowest BCUT2D eigenvalue weighted by Crippen LogP contribution is -2.64. The van der Waals surface area contributed by atoms with Gasteiger partial charge >= 0.3 is 0 Å². The second-order valence-electron chi connectivity index (χ2n) is 18.7. The van der Waals surface area contributed by atoms with E-state index in [-0.39, 0.29) is 0 Å². The first-order valence-corrected chi connectivity index (χ1v) is 17.6. The molecule has 4 fully saturated rings. The number of piperidine rings is 1. The van der Waals surface area contributed by atoms with Crippen LogP contribution < -0.4 is 0 Å². The Labute approximate surface area is 264 Å². The number of rotatable bonds is 0. The second kappa shape index (κ2) is 14.8. The van der Waals surface area contributed by atoms with Crippen LogP contribution in [0.2, 0.25) is 0 Å². The first-order valence-electron chi connectivity index (χ1n) is 17.6. The van der Waals surface area contributed by atoms with Crippen LogP contribution in [0.1, 0.15) is 148 Å². The van der Waals surface area contributed by atoms with Gasteiger partial charge in [-0.3, -0.25) is 14.7 Å². The Morgan fingerprint density at radius 1 is 0.571 bits per heavy atom. The van der Waals surface area contributed by atoms with Crippen molar-refractivity contribution >= 4 is 0 Å². The molecular weight excluding hydrogens is 514 g/mol. The number of hydrogen-bond acceptors (Lipinski definition) is 4. The van der Waals surface area contributed by atoms with Crippen molar-refractivity contribution < 1.29 is 4.74 Å². The van der Waals surface area contributed by atoms with Gasteiger partial charge in [0, 0.05) is 42.8 Å². The molecule has 1 saturated carbocycles. The van der Waals surface area contributed by atoms with E-state index in [0.717, 1.165) is 31.7 Å². The van der Waals surface area contributed by atoms with E-state index in [1.807, 2.05) is 0 Å². The van der Waals surface area contributed by atoms with E-state index in [0.29, 0.717) is 27.4 Å². The predicted molar refractivity (Wildman–Crippen MR) is 185 cm³/mol. The fourth-order valence-electron chi connectivity index (χ4n) is 7.34. The Morgan fingerprint density at radius 2 is 1.02 bits per heavy atom. The average Bonchev–Trinajstić information content (AvgIpc) is 3.17. The summed E-state index contributed by atoms with van der Waals surface area (Å²) in [4.78, 5) is 7.64. The van der Waals surface area contributed by atoms with E-state index in [1.165, 1.54) is 77.5 Å². The molecular formula is C38H75N3O. The van der Waals surface area contributed by atoms with Gasteiger partial charge in [0.05, 0.1) is 13.2 Å². The van der Waals surface area contributed by atoms with Crippen molar-refractivity contribution in [3.63, 3.8) is 0 Å². The average molecular weight is 590 g/mol. The van der Waals surface area contributed by atoms with Gasteiger partial charge in [-0.2, -0.15) is 0 Å². The molecule has 248 valence electrons. The quantitative estimate of drug-likeness (QED) is 0.262. The summed E-state index contributed by atoms with van der Waals surface area (Å²) in [5, 5.41) is 0. The zero-order valence-electron chi connectivity index (χ0n) is 31.1. The summed E-state index contributed by atoms with van der Waals surface area (Å²) in [6.45, 7) is 41.6.